The smallest absolute Gasteiger partial charge is 0.130 e. The van der Waals surface area contributed by atoms with Crippen LogP contribution in [0.2, 0.25) is 0 Å². The highest BCUT2D eigenvalue weighted by Gasteiger charge is 2.30. The molecule has 124 valence electrons. The summed E-state index contributed by atoms with van der Waals surface area (Å²) in [6.45, 7) is 1.65. The Balaban J connectivity index is 1.54. The molecule has 0 amide bonds. The van der Waals surface area contributed by atoms with Crippen molar-refractivity contribution in [1.82, 2.24) is 14.5 Å². The molecule has 5 heteroatoms. The van der Waals surface area contributed by atoms with Crippen LogP contribution in [0.4, 0.5) is 8.78 Å². The van der Waals surface area contributed by atoms with Crippen LogP contribution in [0.25, 0.3) is 5.52 Å². The lowest BCUT2D eigenvalue weighted by atomic mass is 10.0. The first-order valence-electron chi connectivity index (χ1n) is 8.33. The predicted molar refractivity (Wildman–Crippen MR) is 88.8 cm³/mol. The van der Waals surface area contributed by atoms with E-state index in [0.717, 1.165) is 43.4 Å². The van der Waals surface area contributed by atoms with Crippen LogP contribution in [0.15, 0.2) is 48.8 Å². The minimum absolute atomic E-state index is 0.173. The van der Waals surface area contributed by atoms with Crippen LogP contribution >= 0.6 is 0 Å². The van der Waals surface area contributed by atoms with Gasteiger partial charge in [0, 0.05) is 24.3 Å². The molecule has 0 spiro atoms. The van der Waals surface area contributed by atoms with Crippen molar-refractivity contribution in [2.75, 3.05) is 13.1 Å². The van der Waals surface area contributed by atoms with E-state index in [-0.39, 0.29) is 11.6 Å². The van der Waals surface area contributed by atoms with Crippen molar-refractivity contribution in [3.05, 3.63) is 71.6 Å². The van der Waals surface area contributed by atoms with Gasteiger partial charge in [-0.05, 0) is 55.6 Å². The summed E-state index contributed by atoms with van der Waals surface area (Å²) in [5.74, 6) is -0.884. The summed E-state index contributed by atoms with van der Waals surface area (Å²) >= 11 is 0. The fourth-order valence-corrected chi connectivity index (χ4v) is 3.69. The molecule has 1 aromatic carbocycles. The van der Waals surface area contributed by atoms with Gasteiger partial charge in [-0.2, -0.15) is 5.10 Å². The lowest BCUT2D eigenvalue weighted by Gasteiger charge is -2.25. The number of halogens is 2. The molecule has 0 bridgehead atoms. The molecule has 0 radical (unpaired) electrons. The Labute approximate surface area is 139 Å². The zero-order valence-corrected chi connectivity index (χ0v) is 13.3. The third-order valence-corrected chi connectivity index (χ3v) is 4.87. The first kappa shape index (κ1) is 15.3. The Kier molecular flexibility index (Phi) is 4.02. The summed E-state index contributed by atoms with van der Waals surface area (Å²) in [6, 6.07) is 9.93. The topological polar surface area (TPSA) is 20.5 Å². The van der Waals surface area contributed by atoms with Crippen LogP contribution in [0.3, 0.4) is 0 Å². The van der Waals surface area contributed by atoms with Crippen molar-refractivity contribution in [3.8, 4) is 0 Å². The van der Waals surface area contributed by atoms with E-state index in [9.17, 15) is 8.78 Å². The summed E-state index contributed by atoms with van der Waals surface area (Å²) in [4.78, 5) is 2.19. The van der Waals surface area contributed by atoms with Gasteiger partial charge in [-0.25, -0.2) is 13.3 Å². The third-order valence-electron chi connectivity index (χ3n) is 4.87. The molecule has 0 aliphatic carbocycles. The first-order chi connectivity index (χ1) is 11.7. The number of hydrogen-bond acceptors (Lipinski definition) is 2. The number of hydrogen-bond donors (Lipinski definition) is 0. The number of fused-ring (bicyclic) bond motifs is 1. The minimum atomic E-state index is -0.442. The quantitative estimate of drug-likeness (QED) is 0.722. The Morgan fingerprint density at radius 3 is 2.75 bits per heavy atom. The van der Waals surface area contributed by atoms with Crippen LogP contribution in [0, 0.1) is 11.6 Å². The molecule has 3 heterocycles. The molecular formula is C19H19F2N3. The van der Waals surface area contributed by atoms with Crippen LogP contribution in [0.1, 0.15) is 30.0 Å². The van der Waals surface area contributed by atoms with E-state index in [1.54, 1.807) is 0 Å². The van der Waals surface area contributed by atoms with E-state index >= 15 is 0 Å². The fraction of sp³-hybridized carbons (Fsp3) is 0.316. The van der Waals surface area contributed by atoms with Gasteiger partial charge in [0.15, 0.2) is 0 Å². The largest absolute Gasteiger partial charge is 0.296 e. The van der Waals surface area contributed by atoms with Gasteiger partial charge < -0.3 is 0 Å². The van der Waals surface area contributed by atoms with Gasteiger partial charge in [0.2, 0.25) is 0 Å². The van der Waals surface area contributed by atoms with E-state index < -0.39 is 11.6 Å². The second-order valence-electron chi connectivity index (χ2n) is 6.28. The van der Waals surface area contributed by atoms with Crippen molar-refractivity contribution in [2.45, 2.75) is 25.3 Å². The van der Waals surface area contributed by atoms with Crippen LogP contribution in [0.5, 0.6) is 0 Å². The van der Waals surface area contributed by atoms with Gasteiger partial charge in [0.1, 0.15) is 11.6 Å². The normalized spacial score (nSPS) is 18.5. The summed E-state index contributed by atoms with van der Waals surface area (Å²) in [7, 11) is 0. The summed E-state index contributed by atoms with van der Waals surface area (Å²) < 4.78 is 30.1. The first-order valence-corrected chi connectivity index (χ1v) is 8.33. The van der Waals surface area contributed by atoms with Gasteiger partial charge in [-0.3, -0.25) is 4.90 Å². The second kappa shape index (κ2) is 6.32. The van der Waals surface area contributed by atoms with Gasteiger partial charge in [0.25, 0.3) is 0 Å². The number of nitrogens with zero attached hydrogens (tertiary/aromatic N) is 3. The van der Waals surface area contributed by atoms with Crippen molar-refractivity contribution >= 4 is 5.52 Å². The van der Waals surface area contributed by atoms with Gasteiger partial charge >= 0.3 is 0 Å². The van der Waals surface area contributed by atoms with E-state index in [4.69, 9.17) is 0 Å². The van der Waals surface area contributed by atoms with Crippen molar-refractivity contribution in [3.63, 3.8) is 0 Å². The molecule has 1 aliphatic rings. The molecule has 0 saturated carbocycles. The standard InChI is InChI=1S/C19H19F2N3/c20-15-5-3-6-16(21)19(15)18-8-4-10-23(18)12-9-14-13-22-24-11-2-1-7-17(14)24/h1-3,5-7,11,13,18H,4,8-10,12H2/t18-/m0/s1. The maximum Gasteiger partial charge on any atom is 0.130 e. The van der Waals surface area contributed by atoms with Crippen LogP contribution in [-0.4, -0.2) is 27.6 Å². The molecule has 2 aromatic heterocycles. The molecule has 24 heavy (non-hydrogen) atoms. The Bertz CT molecular complexity index is 838. The lowest BCUT2D eigenvalue weighted by Crippen LogP contribution is -2.27. The highest BCUT2D eigenvalue weighted by molar-refractivity contribution is 5.53. The van der Waals surface area contributed by atoms with E-state index in [1.807, 2.05) is 35.1 Å². The molecule has 1 atom stereocenters. The molecule has 3 nitrogen and oxygen atoms in total. The van der Waals surface area contributed by atoms with Crippen molar-refractivity contribution in [2.24, 2.45) is 0 Å². The molecule has 1 saturated heterocycles. The summed E-state index contributed by atoms with van der Waals surface area (Å²) in [5, 5.41) is 4.35. The molecular weight excluding hydrogens is 308 g/mol. The average molecular weight is 327 g/mol. The zero-order chi connectivity index (χ0) is 16.5. The maximum absolute atomic E-state index is 14.1. The highest BCUT2D eigenvalue weighted by atomic mass is 19.1. The molecule has 1 fully saturated rings. The Morgan fingerprint density at radius 2 is 1.92 bits per heavy atom. The van der Waals surface area contributed by atoms with E-state index in [1.165, 1.54) is 18.2 Å². The molecule has 0 N–H and O–H groups in total. The number of pyridine rings is 1. The zero-order valence-electron chi connectivity index (χ0n) is 13.3. The molecule has 0 unspecified atom stereocenters. The second-order valence-corrected chi connectivity index (χ2v) is 6.28. The number of likely N-dealkylation sites (tertiary alicyclic amines) is 1. The molecule has 3 aromatic rings. The van der Waals surface area contributed by atoms with Gasteiger partial charge in [-0.1, -0.05) is 12.1 Å². The van der Waals surface area contributed by atoms with E-state index in [0.29, 0.717) is 0 Å². The van der Waals surface area contributed by atoms with Gasteiger partial charge in [0.05, 0.1) is 11.7 Å². The van der Waals surface area contributed by atoms with Crippen LogP contribution in [-0.2, 0) is 6.42 Å². The summed E-state index contributed by atoms with van der Waals surface area (Å²) in [5.41, 5.74) is 2.47. The van der Waals surface area contributed by atoms with Crippen molar-refractivity contribution < 1.29 is 8.78 Å². The summed E-state index contributed by atoms with van der Waals surface area (Å²) in [6.07, 6.45) is 6.39. The van der Waals surface area contributed by atoms with Crippen LogP contribution < -0.4 is 0 Å². The SMILES string of the molecule is Fc1cccc(F)c1[C@@H]1CCCN1CCc1cnn2ccccc12. The maximum atomic E-state index is 14.1. The van der Waals surface area contributed by atoms with Crippen molar-refractivity contribution in [1.29, 1.82) is 0 Å². The molecule has 1 aliphatic heterocycles. The van der Waals surface area contributed by atoms with E-state index in [2.05, 4.69) is 10.00 Å². The average Bonchev–Trinajstić information content (AvgIpc) is 3.20. The minimum Gasteiger partial charge on any atom is -0.296 e. The highest BCUT2D eigenvalue weighted by Crippen LogP contribution is 2.35. The lowest BCUT2D eigenvalue weighted by molar-refractivity contribution is 0.250. The molecule has 4 rings (SSSR count). The monoisotopic (exact) mass is 327 g/mol. The van der Waals surface area contributed by atoms with Gasteiger partial charge in [-0.15, -0.1) is 0 Å². The predicted octanol–water partition coefficient (Wildman–Crippen LogP) is 3.99. The fourth-order valence-electron chi connectivity index (χ4n) is 3.69. The number of aromatic nitrogens is 2. The Hall–Kier alpha value is -2.27. The Morgan fingerprint density at radius 1 is 1.08 bits per heavy atom. The number of benzene rings is 1. The third kappa shape index (κ3) is 2.69. The number of rotatable bonds is 4.